The van der Waals surface area contributed by atoms with Crippen molar-refractivity contribution in [2.45, 2.75) is 258 Å². The zero-order chi connectivity index (χ0) is 51.4. The van der Waals surface area contributed by atoms with Crippen LogP contribution in [0.15, 0.2) is 122 Å². The molecule has 6 heteroatoms. The van der Waals surface area contributed by atoms with Crippen molar-refractivity contribution in [2.75, 3.05) is 13.2 Å². The maximum Gasteiger partial charge on any atom is 0.306 e. The standard InChI is InChI=1S/C65H106O6/c1-4-7-10-13-16-19-22-25-28-31-32-35-37-40-43-46-49-52-55-58-64(67)70-61-62(71-65(68)59-56-53-50-47-44-41-38-34-30-27-24-21-18-15-12-9-6-3)60-69-63(66)57-54-51-48-45-42-39-36-33-29-26-23-20-17-14-11-8-5-2/h8-9,11-12,16-21,25-30,38,41,47,50,62H,4-7,10,13-15,22-24,31-37,39-40,42-46,48-49,51-61H2,1-3H3/b11-8-,12-9-,19-16-,20-17-,21-18-,28-25-,29-26-,30-27-,41-38-,50-47-. The fraction of sp³-hybridized carbons (Fsp3) is 0.646. The monoisotopic (exact) mass is 983 g/mol. The highest BCUT2D eigenvalue weighted by atomic mass is 16.6. The predicted octanol–water partition coefficient (Wildman–Crippen LogP) is 19.6. The first-order chi connectivity index (χ1) is 35.0. The molecule has 0 aliphatic carbocycles. The SMILES string of the molecule is CC/C=C\C/C=C\C/C=C\C/C=C\C/C=C\CCCC(=O)OC(COC(=O)CCCCCCCCC/C=C\C/C=C\C/C=C\CC)COC(=O)CCCCCCCCCCC/C=C\C/C=C\CCCCC. The molecule has 0 aromatic carbocycles. The molecule has 1 unspecified atom stereocenters. The smallest absolute Gasteiger partial charge is 0.306 e. The van der Waals surface area contributed by atoms with Crippen LogP contribution >= 0.6 is 0 Å². The minimum atomic E-state index is -0.818. The van der Waals surface area contributed by atoms with E-state index in [4.69, 9.17) is 14.2 Å². The molecular formula is C65H106O6. The van der Waals surface area contributed by atoms with Crippen LogP contribution in [-0.2, 0) is 28.6 Å². The number of carbonyl (C=O) groups excluding carboxylic acids is 3. The van der Waals surface area contributed by atoms with Crippen LogP contribution in [0, 0.1) is 0 Å². The van der Waals surface area contributed by atoms with E-state index in [1.54, 1.807) is 0 Å². The van der Waals surface area contributed by atoms with Crippen molar-refractivity contribution in [1.82, 2.24) is 0 Å². The number of allylic oxidation sites excluding steroid dienone is 20. The molecule has 0 fully saturated rings. The molecule has 402 valence electrons. The fourth-order valence-corrected chi connectivity index (χ4v) is 7.64. The van der Waals surface area contributed by atoms with Crippen LogP contribution in [0.3, 0.4) is 0 Å². The summed E-state index contributed by atoms with van der Waals surface area (Å²) in [5.41, 5.74) is 0. The summed E-state index contributed by atoms with van der Waals surface area (Å²) in [6, 6.07) is 0. The van der Waals surface area contributed by atoms with Crippen molar-refractivity contribution in [3.05, 3.63) is 122 Å². The summed E-state index contributed by atoms with van der Waals surface area (Å²) in [7, 11) is 0. The Bertz CT molecular complexity index is 1500. The van der Waals surface area contributed by atoms with E-state index in [-0.39, 0.29) is 37.5 Å². The molecule has 0 saturated carbocycles. The zero-order valence-electron chi connectivity index (χ0n) is 45.9. The summed E-state index contributed by atoms with van der Waals surface area (Å²) >= 11 is 0. The van der Waals surface area contributed by atoms with Crippen LogP contribution in [0.2, 0.25) is 0 Å². The van der Waals surface area contributed by atoms with Gasteiger partial charge in [0.25, 0.3) is 0 Å². The lowest BCUT2D eigenvalue weighted by atomic mass is 10.1. The topological polar surface area (TPSA) is 78.9 Å². The first kappa shape index (κ1) is 66.8. The summed E-state index contributed by atoms with van der Waals surface area (Å²) in [6.45, 7) is 6.33. The number of rotatable bonds is 51. The van der Waals surface area contributed by atoms with Crippen LogP contribution in [0.4, 0.5) is 0 Å². The number of hydrogen-bond donors (Lipinski definition) is 0. The van der Waals surface area contributed by atoms with Crippen molar-refractivity contribution in [3.63, 3.8) is 0 Å². The third kappa shape index (κ3) is 56.6. The molecule has 0 heterocycles. The van der Waals surface area contributed by atoms with Gasteiger partial charge in [-0.3, -0.25) is 14.4 Å². The second kappa shape index (κ2) is 58.4. The summed E-state index contributed by atoms with van der Waals surface area (Å²) in [5, 5.41) is 0. The summed E-state index contributed by atoms with van der Waals surface area (Å²) in [4.78, 5) is 38.2. The normalized spacial score (nSPS) is 13.0. The molecule has 1 atom stereocenters. The third-order valence-corrected chi connectivity index (χ3v) is 11.9. The maximum absolute atomic E-state index is 12.8. The van der Waals surface area contributed by atoms with E-state index in [2.05, 4.69) is 142 Å². The second-order valence-corrected chi connectivity index (χ2v) is 18.8. The molecule has 71 heavy (non-hydrogen) atoms. The van der Waals surface area contributed by atoms with Crippen molar-refractivity contribution in [3.8, 4) is 0 Å². The Balaban J connectivity index is 4.50. The van der Waals surface area contributed by atoms with E-state index in [9.17, 15) is 14.4 Å². The number of carbonyl (C=O) groups is 3. The maximum atomic E-state index is 12.8. The van der Waals surface area contributed by atoms with Crippen molar-refractivity contribution >= 4 is 17.9 Å². The summed E-state index contributed by atoms with van der Waals surface area (Å²) in [6.07, 6.45) is 80.5. The molecule has 0 N–H and O–H groups in total. The van der Waals surface area contributed by atoms with Gasteiger partial charge in [0.1, 0.15) is 13.2 Å². The molecule has 0 bridgehead atoms. The molecule has 0 aliphatic rings. The van der Waals surface area contributed by atoms with Crippen LogP contribution in [0.25, 0.3) is 0 Å². The number of unbranched alkanes of at least 4 members (excludes halogenated alkanes) is 20. The van der Waals surface area contributed by atoms with Gasteiger partial charge in [-0.1, -0.05) is 232 Å². The van der Waals surface area contributed by atoms with E-state index >= 15 is 0 Å². The lowest BCUT2D eigenvalue weighted by Gasteiger charge is -2.18. The predicted molar refractivity (Wildman–Crippen MR) is 306 cm³/mol. The lowest BCUT2D eigenvalue weighted by Crippen LogP contribution is -2.30. The van der Waals surface area contributed by atoms with Gasteiger partial charge < -0.3 is 14.2 Å². The fourth-order valence-electron chi connectivity index (χ4n) is 7.64. The number of ether oxygens (including phenoxy) is 3. The van der Waals surface area contributed by atoms with Gasteiger partial charge in [0.2, 0.25) is 0 Å². The molecule has 0 saturated heterocycles. The van der Waals surface area contributed by atoms with Crippen LogP contribution < -0.4 is 0 Å². The van der Waals surface area contributed by atoms with Gasteiger partial charge in [0.05, 0.1) is 0 Å². The molecule has 0 aromatic rings. The van der Waals surface area contributed by atoms with Crippen LogP contribution in [-0.4, -0.2) is 37.2 Å². The Morgan fingerprint density at radius 1 is 0.296 bits per heavy atom. The summed E-state index contributed by atoms with van der Waals surface area (Å²) in [5.74, 6) is -0.982. The summed E-state index contributed by atoms with van der Waals surface area (Å²) < 4.78 is 16.8. The third-order valence-electron chi connectivity index (χ3n) is 11.9. The van der Waals surface area contributed by atoms with Gasteiger partial charge in [-0.15, -0.1) is 0 Å². The van der Waals surface area contributed by atoms with E-state index in [1.165, 1.54) is 96.3 Å². The van der Waals surface area contributed by atoms with Gasteiger partial charge in [-0.05, 0) is 122 Å². The highest BCUT2D eigenvalue weighted by Gasteiger charge is 2.19. The van der Waals surface area contributed by atoms with E-state index < -0.39 is 6.10 Å². The van der Waals surface area contributed by atoms with Gasteiger partial charge in [0, 0.05) is 19.3 Å². The molecule has 0 aliphatic heterocycles. The van der Waals surface area contributed by atoms with Crippen molar-refractivity contribution in [1.29, 1.82) is 0 Å². The molecule has 0 amide bonds. The Labute approximate surface area is 437 Å². The average Bonchev–Trinajstić information content (AvgIpc) is 3.37. The molecular weight excluding hydrogens is 877 g/mol. The van der Waals surface area contributed by atoms with Crippen molar-refractivity contribution in [2.24, 2.45) is 0 Å². The number of hydrogen-bond acceptors (Lipinski definition) is 6. The van der Waals surface area contributed by atoms with Gasteiger partial charge >= 0.3 is 17.9 Å². The quantitative estimate of drug-likeness (QED) is 0.0261. The zero-order valence-corrected chi connectivity index (χ0v) is 45.9. The minimum Gasteiger partial charge on any atom is -0.462 e. The molecule has 0 aromatic heterocycles. The Kier molecular flexibility index (Phi) is 54.9. The lowest BCUT2D eigenvalue weighted by molar-refractivity contribution is -0.167. The minimum absolute atomic E-state index is 0.109. The Hall–Kier alpha value is -4.19. The first-order valence-corrected chi connectivity index (χ1v) is 29.0. The molecule has 6 nitrogen and oxygen atoms in total. The van der Waals surface area contributed by atoms with Crippen molar-refractivity contribution < 1.29 is 28.6 Å². The highest BCUT2D eigenvalue weighted by Crippen LogP contribution is 2.14. The van der Waals surface area contributed by atoms with E-state index in [1.807, 2.05) is 0 Å². The molecule has 0 rings (SSSR count). The largest absolute Gasteiger partial charge is 0.462 e. The van der Waals surface area contributed by atoms with E-state index in [0.29, 0.717) is 19.3 Å². The second-order valence-electron chi connectivity index (χ2n) is 18.8. The average molecular weight is 984 g/mol. The highest BCUT2D eigenvalue weighted by molar-refractivity contribution is 5.71. The molecule has 0 radical (unpaired) electrons. The van der Waals surface area contributed by atoms with Gasteiger partial charge in [0.15, 0.2) is 6.10 Å². The van der Waals surface area contributed by atoms with Gasteiger partial charge in [-0.25, -0.2) is 0 Å². The van der Waals surface area contributed by atoms with Crippen LogP contribution in [0.5, 0.6) is 0 Å². The molecule has 0 spiro atoms. The van der Waals surface area contributed by atoms with Crippen LogP contribution in [0.1, 0.15) is 252 Å². The first-order valence-electron chi connectivity index (χ1n) is 29.0. The Morgan fingerprint density at radius 3 is 0.901 bits per heavy atom. The van der Waals surface area contributed by atoms with Gasteiger partial charge in [-0.2, -0.15) is 0 Å². The Morgan fingerprint density at radius 2 is 0.563 bits per heavy atom. The van der Waals surface area contributed by atoms with E-state index in [0.717, 1.165) is 109 Å². The number of esters is 3.